The molecule has 2 unspecified atom stereocenters. The average Bonchev–Trinajstić information content (AvgIpc) is 3.26. The standard InChI is InChI=1S/C17H25NO3/c1-11(2)12-4-6-13(7-5-12)15-8-16(15)17(21)18(3)9-14(20)10-19/h4-7,11,14-16,19-20H,8-10H2,1-3H3/t14-,15?,16?/m0/s1. The van der Waals surface area contributed by atoms with Crippen LogP contribution in [0.25, 0.3) is 0 Å². The average molecular weight is 291 g/mol. The van der Waals surface area contributed by atoms with Crippen molar-refractivity contribution in [3.63, 3.8) is 0 Å². The number of benzene rings is 1. The van der Waals surface area contributed by atoms with Gasteiger partial charge in [0, 0.05) is 19.5 Å². The first kappa shape index (κ1) is 16.0. The number of hydrogen-bond acceptors (Lipinski definition) is 3. The van der Waals surface area contributed by atoms with Crippen molar-refractivity contribution in [1.82, 2.24) is 4.90 Å². The molecule has 0 heterocycles. The zero-order valence-corrected chi connectivity index (χ0v) is 13.0. The van der Waals surface area contributed by atoms with Crippen molar-refractivity contribution in [3.8, 4) is 0 Å². The van der Waals surface area contributed by atoms with Crippen molar-refractivity contribution in [3.05, 3.63) is 35.4 Å². The monoisotopic (exact) mass is 291 g/mol. The van der Waals surface area contributed by atoms with Crippen LogP contribution in [-0.2, 0) is 4.79 Å². The van der Waals surface area contributed by atoms with Gasteiger partial charge in [0.1, 0.15) is 0 Å². The zero-order valence-electron chi connectivity index (χ0n) is 13.0. The van der Waals surface area contributed by atoms with E-state index in [0.717, 1.165) is 6.42 Å². The molecule has 2 rings (SSSR count). The topological polar surface area (TPSA) is 60.8 Å². The van der Waals surface area contributed by atoms with E-state index in [0.29, 0.717) is 11.8 Å². The van der Waals surface area contributed by atoms with Crippen LogP contribution in [0.1, 0.15) is 43.2 Å². The number of rotatable bonds is 6. The molecule has 116 valence electrons. The molecule has 1 aromatic rings. The summed E-state index contributed by atoms with van der Waals surface area (Å²) in [6.45, 7) is 4.20. The highest BCUT2D eigenvalue weighted by Gasteiger charge is 2.45. The largest absolute Gasteiger partial charge is 0.394 e. The van der Waals surface area contributed by atoms with Crippen molar-refractivity contribution >= 4 is 5.91 Å². The maximum atomic E-state index is 12.2. The van der Waals surface area contributed by atoms with Gasteiger partial charge in [-0.25, -0.2) is 0 Å². The second-order valence-corrected chi connectivity index (χ2v) is 6.33. The molecule has 4 nitrogen and oxygen atoms in total. The minimum Gasteiger partial charge on any atom is -0.394 e. The van der Waals surface area contributed by atoms with E-state index in [9.17, 15) is 9.90 Å². The van der Waals surface area contributed by atoms with Gasteiger partial charge in [-0.3, -0.25) is 4.79 Å². The highest BCUT2D eigenvalue weighted by atomic mass is 16.3. The molecule has 1 saturated carbocycles. The van der Waals surface area contributed by atoms with Crippen molar-refractivity contribution in [2.75, 3.05) is 20.2 Å². The Balaban J connectivity index is 1.93. The number of hydrogen-bond donors (Lipinski definition) is 2. The van der Waals surface area contributed by atoms with Crippen LogP contribution in [0.2, 0.25) is 0 Å². The minimum atomic E-state index is -0.860. The van der Waals surface area contributed by atoms with Crippen LogP contribution in [0.3, 0.4) is 0 Å². The predicted octanol–water partition coefficient (Wildman–Crippen LogP) is 1.73. The molecule has 2 N–H and O–H groups in total. The van der Waals surface area contributed by atoms with Crippen molar-refractivity contribution < 1.29 is 15.0 Å². The number of aliphatic hydroxyl groups excluding tert-OH is 2. The molecular weight excluding hydrogens is 266 g/mol. The van der Waals surface area contributed by atoms with Gasteiger partial charge in [-0.2, -0.15) is 0 Å². The third kappa shape index (κ3) is 3.83. The SMILES string of the molecule is CC(C)c1ccc(C2CC2C(=O)N(C)C[C@H](O)CO)cc1. The maximum absolute atomic E-state index is 12.2. The quantitative estimate of drug-likeness (QED) is 0.839. The van der Waals surface area contributed by atoms with Crippen LogP contribution in [0.5, 0.6) is 0 Å². The summed E-state index contributed by atoms with van der Waals surface area (Å²) in [4.78, 5) is 13.8. The van der Waals surface area contributed by atoms with Gasteiger partial charge < -0.3 is 15.1 Å². The van der Waals surface area contributed by atoms with E-state index >= 15 is 0 Å². The van der Waals surface area contributed by atoms with Crippen LogP contribution in [0, 0.1) is 5.92 Å². The minimum absolute atomic E-state index is 0.0193. The van der Waals surface area contributed by atoms with E-state index in [1.54, 1.807) is 7.05 Å². The fourth-order valence-electron chi connectivity index (χ4n) is 2.71. The number of aliphatic hydroxyl groups is 2. The second-order valence-electron chi connectivity index (χ2n) is 6.33. The molecule has 0 aromatic heterocycles. The van der Waals surface area contributed by atoms with E-state index in [2.05, 4.69) is 38.1 Å². The second kappa shape index (κ2) is 6.58. The molecule has 1 aliphatic carbocycles. The molecule has 1 fully saturated rings. The lowest BCUT2D eigenvalue weighted by atomic mass is 10.00. The van der Waals surface area contributed by atoms with Crippen molar-refractivity contribution in [1.29, 1.82) is 0 Å². The first-order valence-electron chi connectivity index (χ1n) is 7.57. The Morgan fingerprint density at radius 3 is 2.48 bits per heavy atom. The molecule has 0 radical (unpaired) electrons. The predicted molar refractivity (Wildman–Crippen MR) is 82.1 cm³/mol. The highest BCUT2D eigenvalue weighted by molar-refractivity contribution is 5.82. The Bertz CT molecular complexity index is 483. The van der Waals surface area contributed by atoms with Crippen LogP contribution in [-0.4, -0.2) is 47.3 Å². The Morgan fingerprint density at radius 1 is 1.33 bits per heavy atom. The summed E-state index contributed by atoms with van der Waals surface area (Å²) in [5.74, 6) is 0.889. The van der Waals surface area contributed by atoms with Gasteiger partial charge in [-0.05, 0) is 29.4 Å². The molecular formula is C17H25NO3. The third-order valence-corrected chi connectivity index (χ3v) is 4.21. The first-order chi connectivity index (χ1) is 9.93. The smallest absolute Gasteiger partial charge is 0.226 e. The van der Waals surface area contributed by atoms with E-state index in [-0.39, 0.29) is 25.0 Å². The molecule has 4 heteroatoms. The number of likely N-dealkylation sites (N-methyl/N-ethyl adjacent to an activating group) is 1. The molecule has 21 heavy (non-hydrogen) atoms. The summed E-state index contributed by atoms with van der Waals surface area (Å²) in [7, 11) is 1.68. The van der Waals surface area contributed by atoms with Gasteiger partial charge in [0.25, 0.3) is 0 Å². The van der Waals surface area contributed by atoms with E-state index in [1.165, 1.54) is 16.0 Å². The highest BCUT2D eigenvalue weighted by Crippen LogP contribution is 2.48. The summed E-state index contributed by atoms with van der Waals surface area (Å²) < 4.78 is 0. The molecule has 0 aliphatic heterocycles. The summed E-state index contributed by atoms with van der Waals surface area (Å²) >= 11 is 0. The lowest BCUT2D eigenvalue weighted by Gasteiger charge is -2.19. The van der Waals surface area contributed by atoms with Crippen molar-refractivity contribution in [2.24, 2.45) is 5.92 Å². The van der Waals surface area contributed by atoms with Gasteiger partial charge in [0.05, 0.1) is 12.7 Å². The normalized spacial score (nSPS) is 22.2. The molecule has 1 amide bonds. The van der Waals surface area contributed by atoms with Gasteiger partial charge in [-0.1, -0.05) is 38.1 Å². The number of nitrogens with zero attached hydrogens (tertiary/aromatic N) is 1. The molecule has 0 spiro atoms. The number of amides is 1. The molecule has 0 bridgehead atoms. The van der Waals surface area contributed by atoms with Crippen molar-refractivity contribution in [2.45, 2.75) is 38.2 Å². The number of carbonyl (C=O) groups excluding carboxylic acids is 1. The zero-order chi connectivity index (χ0) is 15.6. The number of carbonyl (C=O) groups is 1. The van der Waals surface area contributed by atoms with Crippen LogP contribution in [0.4, 0.5) is 0 Å². The van der Waals surface area contributed by atoms with E-state index in [1.807, 2.05) is 0 Å². The van der Waals surface area contributed by atoms with E-state index < -0.39 is 6.10 Å². The molecule has 1 aromatic carbocycles. The van der Waals surface area contributed by atoms with E-state index in [4.69, 9.17) is 5.11 Å². The Morgan fingerprint density at radius 2 is 1.95 bits per heavy atom. The van der Waals surface area contributed by atoms with Crippen LogP contribution >= 0.6 is 0 Å². The lowest BCUT2D eigenvalue weighted by molar-refractivity contribution is -0.132. The fraction of sp³-hybridized carbons (Fsp3) is 0.588. The van der Waals surface area contributed by atoms with Gasteiger partial charge >= 0.3 is 0 Å². The Kier molecular flexibility index (Phi) is 5.01. The first-order valence-corrected chi connectivity index (χ1v) is 7.57. The van der Waals surface area contributed by atoms with Gasteiger partial charge in [0.15, 0.2) is 0 Å². The van der Waals surface area contributed by atoms with Gasteiger partial charge in [-0.15, -0.1) is 0 Å². The third-order valence-electron chi connectivity index (χ3n) is 4.21. The summed E-state index contributed by atoms with van der Waals surface area (Å²) in [6.07, 6.45) is 0.0147. The summed E-state index contributed by atoms with van der Waals surface area (Å²) in [6, 6.07) is 8.52. The Hall–Kier alpha value is -1.39. The van der Waals surface area contributed by atoms with Crippen LogP contribution in [0.15, 0.2) is 24.3 Å². The van der Waals surface area contributed by atoms with Crippen LogP contribution < -0.4 is 0 Å². The fourth-order valence-corrected chi connectivity index (χ4v) is 2.71. The molecule has 0 saturated heterocycles. The van der Waals surface area contributed by atoms with Gasteiger partial charge in [0.2, 0.25) is 5.91 Å². The summed E-state index contributed by atoms with van der Waals surface area (Å²) in [5, 5.41) is 18.2. The summed E-state index contributed by atoms with van der Waals surface area (Å²) in [5.41, 5.74) is 2.53. The molecule has 1 aliphatic rings. The lowest BCUT2D eigenvalue weighted by Crippen LogP contribution is -2.36. The molecule has 3 atom stereocenters. The maximum Gasteiger partial charge on any atom is 0.226 e. The Labute approximate surface area is 126 Å².